The average Bonchev–Trinajstić information content (AvgIpc) is 2.83. The number of aryl methyl sites for hydroxylation is 4. The topological polar surface area (TPSA) is 26.3 Å². The lowest BCUT2D eigenvalue weighted by Crippen LogP contribution is -2.12. The second kappa shape index (κ2) is 5.60. The van der Waals surface area contributed by atoms with Crippen molar-refractivity contribution in [3.63, 3.8) is 0 Å². The van der Waals surface area contributed by atoms with E-state index in [1.807, 2.05) is 6.92 Å². The highest BCUT2D eigenvalue weighted by Crippen LogP contribution is 2.42. The van der Waals surface area contributed by atoms with E-state index in [9.17, 15) is 4.79 Å². The van der Waals surface area contributed by atoms with E-state index in [2.05, 4.69) is 51.1 Å². The smallest absolute Gasteiger partial charge is 0.323 e. The molecule has 1 heterocycles. The minimum Gasteiger partial charge on any atom is -0.425 e. The highest BCUT2D eigenvalue weighted by Gasteiger charge is 2.35. The van der Waals surface area contributed by atoms with Gasteiger partial charge in [-0.25, -0.2) is 0 Å². The molecule has 2 heteroatoms. The van der Waals surface area contributed by atoms with Crippen LogP contribution in [0.4, 0.5) is 0 Å². The normalized spacial score (nSPS) is 16.5. The Hall–Kier alpha value is -2.09. The molecule has 0 aromatic heterocycles. The summed E-state index contributed by atoms with van der Waals surface area (Å²) in [5, 5.41) is 0. The number of carbonyl (C=O) groups is 1. The number of benzene rings is 2. The molecule has 2 nitrogen and oxygen atoms in total. The first kappa shape index (κ1) is 14.8. The fourth-order valence-corrected chi connectivity index (χ4v) is 3.44. The van der Waals surface area contributed by atoms with E-state index in [-0.39, 0.29) is 11.9 Å². The monoisotopic (exact) mass is 294 g/mol. The predicted molar refractivity (Wildman–Crippen MR) is 88.6 cm³/mol. The molecule has 3 rings (SSSR count). The SMILES string of the molecule is CCc1ccc(C2C(=O)Oc3c(C)cc(C)cc32)cc1CC. The summed E-state index contributed by atoms with van der Waals surface area (Å²) in [5.41, 5.74) is 6.94. The van der Waals surface area contributed by atoms with Crippen molar-refractivity contribution < 1.29 is 9.53 Å². The number of hydrogen-bond donors (Lipinski definition) is 0. The zero-order chi connectivity index (χ0) is 15.9. The van der Waals surface area contributed by atoms with Gasteiger partial charge in [-0.2, -0.15) is 0 Å². The molecule has 114 valence electrons. The molecule has 0 spiro atoms. The van der Waals surface area contributed by atoms with Crippen LogP contribution in [0.3, 0.4) is 0 Å². The summed E-state index contributed by atoms with van der Waals surface area (Å²) in [5.74, 6) is 0.304. The molecule has 0 fully saturated rings. The number of carbonyl (C=O) groups excluding carboxylic acids is 1. The van der Waals surface area contributed by atoms with Gasteiger partial charge in [-0.15, -0.1) is 0 Å². The average molecular weight is 294 g/mol. The summed E-state index contributed by atoms with van der Waals surface area (Å²) < 4.78 is 5.55. The van der Waals surface area contributed by atoms with Crippen LogP contribution in [0.5, 0.6) is 5.75 Å². The maximum Gasteiger partial charge on any atom is 0.323 e. The molecule has 1 atom stereocenters. The zero-order valence-corrected chi connectivity index (χ0v) is 13.7. The van der Waals surface area contributed by atoms with Crippen LogP contribution < -0.4 is 4.74 Å². The molecule has 2 aromatic carbocycles. The van der Waals surface area contributed by atoms with Crippen LogP contribution >= 0.6 is 0 Å². The van der Waals surface area contributed by atoms with Gasteiger partial charge in [0.1, 0.15) is 11.7 Å². The minimum absolute atomic E-state index is 0.157. The third-order valence-electron chi connectivity index (χ3n) is 4.52. The van der Waals surface area contributed by atoms with Crippen LogP contribution in [0.25, 0.3) is 0 Å². The first-order chi connectivity index (χ1) is 10.5. The number of hydrogen-bond acceptors (Lipinski definition) is 2. The molecule has 0 aliphatic carbocycles. The quantitative estimate of drug-likeness (QED) is 0.616. The third-order valence-corrected chi connectivity index (χ3v) is 4.52. The van der Waals surface area contributed by atoms with Gasteiger partial charge in [0.25, 0.3) is 0 Å². The van der Waals surface area contributed by atoms with E-state index >= 15 is 0 Å². The molecule has 1 unspecified atom stereocenters. The van der Waals surface area contributed by atoms with Crippen molar-refractivity contribution in [3.8, 4) is 5.75 Å². The Labute approximate surface area is 132 Å². The Morgan fingerprint density at radius 3 is 2.41 bits per heavy atom. The van der Waals surface area contributed by atoms with Gasteiger partial charge < -0.3 is 4.74 Å². The lowest BCUT2D eigenvalue weighted by atomic mass is 9.88. The fraction of sp³-hybridized carbons (Fsp3) is 0.350. The van der Waals surface area contributed by atoms with Gasteiger partial charge in [0, 0.05) is 5.56 Å². The molecule has 22 heavy (non-hydrogen) atoms. The molecular formula is C20H22O2. The van der Waals surface area contributed by atoms with E-state index in [0.717, 1.165) is 35.3 Å². The van der Waals surface area contributed by atoms with E-state index < -0.39 is 0 Å². The van der Waals surface area contributed by atoms with E-state index in [4.69, 9.17) is 4.74 Å². The molecule has 0 saturated heterocycles. The van der Waals surface area contributed by atoms with Gasteiger partial charge in [-0.1, -0.05) is 49.7 Å². The maximum absolute atomic E-state index is 12.4. The Balaban J connectivity index is 2.12. The van der Waals surface area contributed by atoms with Gasteiger partial charge in [-0.3, -0.25) is 4.79 Å². The zero-order valence-electron chi connectivity index (χ0n) is 13.7. The van der Waals surface area contributed by atoms with E-state index in [1.54, 1.807) is 0 Å². The van der Waals surface area contributed by atoms with Crippen LogP contribution in [-0.4, -0.2) is 5.97 Å². The number of esters is 1. The van der Waals surface area contributed by atoms with Crippen molar-refractivity contribution in [1.82, 2.24) is 0 Å². The molecule has 0 N–H and O–H groups in total. The van der Waals surface area contributed by atoms with Gasteiger partial charge in [-0.05, 0) is 48.9 Å². The fourth-order valence-electron chi connectivity index (χ4n) is 3.44. The lowest BCUT2D eigenvalue weighted by molar-refractivity contribution is -0.133. The third kappa shape index (κ3) is 2.33. The van der Waals surface area contributed by atoms with Crippen LogP contribution in [-0.2, 0) is 17.6 Å². The summed E-state index contributed by atoms with van der Waals surface area (Å²) in [6.45, 7) is 8.39. The Kier molecular flexibility index (Phi) is 3.78. The van der Waals surface area contributed by atoms with Crippen LogP contribution in [0.1, 0.15) is 53.1 Å². The first-order valence-corrected chi connectivity index (χ1v) is 7.99. The van der Waals surface area contributed by atoms with Gasteiger partial charge in [0.15, 0.2) is 0 Å². The molecule has 0 bridgehead atoms. The molecular weight excluding hydrogens is 272 g/mol. The van der Waals surface area contributed by atoms with Crippen molar-refractivity contribution in [2.24, 2.45) is 0 Å². The van der Waals surface area contributed by atoms with Gasteiger partial charge in [0.2, 0.25) is 0 Å². The summed E-state index contributed by atoms with van der Waals surface area (Å²) >= 11 is 0. The summed E-state index contributed by atoms with van der Waals surface area (Å²) in [4.78, 5) is 12.4. The first-order valence-electron chi connectivity index (χ1n) is 7.99. The molecule has 1 aliphatic heterocycles. The molecule has 1 aliphatic rings. The Morgan fingerprint density at radius 2 is 1.73 bits per heavy atom. The molecule has 0 radical (unpaired) electrons. The number of ether oxygens (including phenoxy) is 1. The van der Waals surface area contributed by atoms with Gasteiger partial charge >= 0.3 is 5.97 Å². The predicted octanol–water partition coefficient (Wildman–Crippen LogP) is 4.48. The lowest BCUT2D eigenvalue weighted by Gasteiger charge is -2.13. The van der Waals surface area contributed by atoms with Gasteiger partial charge in [0.05, 0.1) is 0 Å². The summed E-state index contributed by atoms with van der Waals surface area (Å²) in [6, 6.07) is 10.6. The van der Waals surface area contributed by atoms with Crippen LogP contribution in [0.2, 0.25) is 0 Å². The number of fused-ring (bicyclic) bond motifs is 1. The van der Waals surface area contributed by atoms with Crippen molar-refractivity contribution in [1.29, 1.82) is 0 Å². The van der Waals surface area contributed by atoms with Crippen molar-refractivity contribution in [2.75, 3.05) is 0 Å². The maximum atomic E-state index is 12.4. The second-order valence-electron chi connectivity index (χ2n) is 6.09. The highest BCUT2D eigenvalue weighted by molar-refractivity contribution is 5.90. The van der Waals surface area contributed by atoms with Crippen molar-refractivity contribution in [2.45, 2.75) is 46.5 Å². The molecule has 2 aromatic rings. The largest absolute Gasteiger partial charge is 0.425 e. The summed E-state index contributed by atoms with van der Waals surface area (Å²) in [7, 11) is 0. The Morgan fingerprint density at radius 1 is 1.00 bits per heavy atom. The van der Waals surface area contributed by atoms with Crippen molar-refractivity contribution in [3.05, 3.63) is 63.7 Å². The minimum atomic E-state index is -0.287. The van der Waals surface area contributed by atoms with E-state index in [1.165, 1.54) is 16.7 Å². The second-order valence-corrected chi connectivity index (χ2v) is 6.09. The Bertz CT molecular complexity index is 744. The number of rotatable bonds is 3. The van der Waals surface area contributed by atoms with Crippen LogP contribution in [0.15, 0.2) is 30.3 Å². The van der Waals surface area contributed by atoms with E-state index in [0.29, 0.717) is 0 Å². The highest BCUT2D eigenvalue weighted by atomic mass is 16.5. The summed E-state index contributed by atoms with van der Waals surface area (Å²) in [6.07, 6.45) is 2.01. The van der Waals surface area contributed by atoms with Crippen LogP contribution in [0, 0.1) is 13.8 Å². The standard InChI is InChI=1S/C20H22O2/c1-5-14-7-8-16(11-15(14)6-2)18-17-10-12(3)9-13(4)19(17)22-20(18)21/h7-11,18H,5-6H2,1-4H3. The molecule has 0 saturated carbocycles. The van der Waals surface area contributed by atoms with Crippen molar-refractivity contribution >= 4 is 5.97 Å². The molecule has 0 amide bonds.